The van der Waals surface area contributed by atoms with Crippen LogP contribution in [-0.4, -0.2) is 39.4 Å². The van der Waals surface area contributed by atoms with Crippen molar-refractivity contribution in [1.29, 1.82) is 0 Å². The Bertz CT molecular complexity index is 918. The summed E-state index contributed by atoms with van der Waals surface area (Å²) in [6.45, 7) is 4.72. The number of aryl methyl sites for hydroxylation is 2. The maximum absolute atomic E-state index is 13.2. The highest BCUT2D eigenvalue weighted by molar-refractivity contribution is 5.97. The summed E-state index contributed by atoms with van der Waals surface area (Å²) in [5.41, 5.74) is 2.07. The molecule has 32 heavy (non-hydrogen) atoms. The Morgan fingerprint density at radius 1 is 1.00 bits per heavy atom. The number of amides is 2. The summed E-state index contributed by atoms with van der Waals surface area (Å²) in [5, 5.41) is 0. The highest BCUT2D eigenvalue weighted by Gasteiger charge is 2.34. The van der Waals surface area contributed by atoms with Crippen LogP contribution in [0.15, 0.2) is 36.7 Å². The quantitative estimate of drug-likeness (QED) is 0.698. The van der Waals surface area contributed by atoms with Crippen molar-refractivity contribution >= 4 is 17.5 Å². The van der Waals surface area contributed by atoms with Gasteiger partial charge in [-0.1, -0.05) is 43.9 Å². The minimum absolute atomic E-state index is 0.169. The number of imidazole rings is 1. The van der Waals surface area contributed by atoms with E-state index < -0.39 is 0 Å². The van der Waals surface area contributed by atoms with Crippen LogP contribution in [0.2, 0.25) is 0 Å². The second-order valence-corrected chi connectivity index (χ2v) is 9.25. The Morgan fingerprint density at radius 3 is 2.44 bits per heavy atom. The van der Waals surface area contributed by atoms with Gasteiger partial charge in [-0.3, -0.25) is 9.59 Å². The van der Waals surface area contributed by atoms with Gasteiger partial charge in [-0.15, -0.1) is 0 Å². The Kier molecular flexibility index (Phi) is 7.61. The number of nitrogens with zero attached hydrogens (tertiary/aromatic N) is 4. The maximum Gasteiger partial charge on any atom is 0.230 e. The molecule has 1 fully saturated rings. The van der Waals surface area contributed by atoms with Crippen LogP contribution in [0.5, 0.6) is 0 Å². The van der Waals surface area contributed by atoms with Crippen LogP contribution in [0.1, 0.15) is 69.2 Å². The zero-order valence-electron chi connectivity index (χ0n) is 19.3. The molecule has 0 N–H and O–H groups in total. The van der Waals surface area contributed by atoms with E-state index in [4.69, 9.17) is 0 Å². The highest BCUT2D eigenvalue weighted by Crippen LogP contribution is 2.34. The molecule has 6 heteroatoms. The average molecular weight is 437 g/mol. The van der Waals surface area contributed by atoms with E-state index in [1.54, 1.807) is 6.20 Å². The molecular weight excluding hydrogens is 400 g/mol. The first kappa shape index (κ1) is 22.6. The SMILES string of the molecule is Cc1nccn1CCC(=O)N1CCCCCCCCN(C(=O)C2CC2)c2ccccc2C1. The van der Waals surface area contributed by atoms with Gasteiger partial charge in [-0.2, -0.15) is 0 Å². The maximum atomic E-state index is 13.2. The van der Waals surface area contributed by atoms with Gasteiger partial charge in [0.1, 0.15) is 5.82 Å². The largest absolute Gasteiger partial charge is 0.338 e. The fraction of sp³-hybridized carbons (Fsp3) is 0.577. The summed E-state index contributed by atoms with van der Waals surface area (Å²) in [6, 6.07) is 8.18. The highest BCUT2D eigenvalue weighted by atomic mass is 16.2. The molecule has 0 bridgehead atoms. The molecule has 0 radical (unpaired) electrons. The molecule has 0 spiro atoms. The van der Waals surface area contributed by atoms with Crippen molar-refractivity contribution in [2.45, 2.75) is 77.8 Å². The molecule has 1 aromatic carbocycles. The summed E-state index contributed by atoms with van der Waals surface area (Å²) in [4.78, 5) is 34.6. The molecule has 0 unspecified atom stereocenters. The monoisotopic (exact) mass is 436 g/mol. The molecule has 2 amide bonds. The summed E-state index contributed by atoms with van der Waals surface area (Å²) >= 11 is 0. The molecule has 1 saturated carbocycles. The van der Waals surface area contributed by atoms with Crippen molar-refractivity contribution in [3.8, 4) is 0 Å². The van der Waals surface area contributed by atoms with Gasteiger partial charge in [0.15, 0.2) is 0 Å². The van der Waals surface area contributed by atoms with Gasteiger partial charge in [-0.05, 0) is 44.2 Å². The number of benzene rings is 1. The third-order valence-electron chi connectivity index (χ3n) is 6.74. The Hall–Kier alpha value is -2.63. The van der Waals surface area contributed by atoms with E-state index in [1.807, 2.05) is 39.6 Å². The lowest BCUT2D eigenvalue weighted by Gasteiger charge is -2.28. The van der Waals surface area contributed by atoms with Crippen molar-refractivity contribution in [3.63, 3.8) is 0 Å². The summed E-state index contributed by atoms with van der Waals surface area (Å²) in [7, 11) is 0. The van der Waals surface area contributed by atoms with E-state index in [1.165, 1.54) is 12.8 Å². The third-order valence-corrected chi connectivity index (χ3v) is 6.74. The number of aromatic nitrogens is 2. The fourth-order valence-corrected chi connectivity index (χ4v) is 4.60. The van der Waals surface area contributed by atoms with Gasteiger partial charge >= 0.3 is 0 Å². The zero-order valence-corrected chi connectivity index (χ0v) is 19.3. The zero-order chi connectivity index (χ0) is 22.3. The van der Waals surface area contributed by atoms with Gasteiger partial charge in [0, 0.05) is 56.6 Å². The van der Waals surface area contributed by atoms with E-state index in [2.05, 4.69) is 17.1 Å². The molecule has 1 aromatic heterocycles. The van der Waals surface area contributed by atoms with Crippen LogP contribution in [0.25, 0.3) is 0 Å². The number of hydrogen-bond acceptors (Lipinski definition) is 3. The van der Waals surface area contributed by atoms with Gasteiger partial charge in [0.2, 0.25) is 11.8 Å². The lowest BCUT2D eigenvalue weighted by Crippen LogP contribution is -2.36. The van der Waals surface area contributed by atoms with Crippen LogP contribution < -0.4 is 4.90 Å². The summed E-state index contributed by atoms with van der Waals surface area (Å²) in [5.74, 6) is 1.56. The molecule has 1 aliphatic heterocycles. The van der Waals surface area contributed by atoms with Gasteiger partial charge in [0.05, 0.1) is 0 Å². The van der Waals surface area contributed by atoms with E-state index in [0.717, 1.165) is 68.7 Å². The average Bonchev–Trinajstić information content (AvgIpc) is 3.57. The summed E-state index contributed by atoms with van der Waals surface area (Å²) < 4.78 is 2.03. The number of carbonyl (C=O) groups excluding carboxylic acids is 2. The fourth-order valence-electron chi connectivity index (χ4n) is 4.60. The first-order valence-corrected chi connectivity index (χ1v) is 12.3. The second kappa shape index (κ2) is 10.8. The molecule has 172 valence electrons. The van der Waals surface area contributed by atoms with Crippen LogP contribution in [-0.2, 0) is 22.7 Å². The number of hydrogen-bond donors (Lipinski definition) is 0. The van der Waals surface area contributed by atoms with Gasteiger partial charge in [0.25, 0.3) is 0 Å². The standard InChI is InChI=1S/C26H36N4O2/c1-21-27-15-19-28(21)18-14-25(31)29-16-8-4-2-3-5-9-17-30(26(32)22-12-13-22)24-11-7-6-10-23(24)20-29/h6-7,10-11,15,19,22H,2-5,8-9,12-14,16-18,20H2,1H3. The normalized spacial score (nSPS) is 18.3. The first-order valence-electron chi connectivity index (χ1n) is 12.3. The molecule has 0 atom stereocenters. The van der Waals surface area contributed by atoms with E-state index >= 15 is 0 Å². The van der Waals surface area contributed by atoms with Crippen LogP contribution in [0.4, 0.5) is 5.69 Å². The minimum atomic E-state index is 0.169. The van der Waals surface area contributed by atoms with E-state index in [9.17, 15) is 9.59 Å². The van der Waals surface area contributed by atoms with Crippen molar-refractivity contribution in [2.24, 2.45) is 5.92 Å². The van der Waals surface area contributed by atoms with Gasteiger partial charge in [-0.25, -0.2) is 4.98 Å². The predicted molar refractivity (Wildman–Crippen MR) is 126 cm³/mol. The van der Waals surface area contributed by atoms with E-state index in [-0.39, 0.29) is 17.7 Å². The first-order chi connectivity index (χ1) is 15.6. The molecule has 2 aliphatic rings. The Labute approximate surface area is 191 Å². The van der Waals surface area contributed by atoms with Crippen molar-refractivity contribution < 1.29 is 9.59 Å². The molecular formula is C26H36N4O2. The lowest BCUT2D eigenvalue weighted by atomic mass is 10.1. The molecule has 2 heterocycles. The second-order valence-electron chi connectivity index (χ2n) is 9.25. The van der Waals surface area contributed by atoms with Crippen LogP contribution in [0.3, 0.4) is 0 Å². The van der Waals surface area contributed by atoms with Crippen molar-refractivity contribution in [2.75, 3.05) is 18.0 Å². The third kappa shape index (κ3) is 5.78. The number of carbonyl (C=O) groups is 2. The molecule has 0 saturated heterocycles. The number of anilines is 1. The Morgan fingerprint density at radius 2 is 1.72 bits per heavy atom. The molecule has 6 nitrogen and oxygen atoms in total. The summed E-state index contributed by atoms with van der Waals surface area (Å²) in [6.07, 6.45) is 13.0. The van der Waals surface area contributed by atoms with E-state index in [0.29, 0.717) is 19.5 Å². The topological polar surface area (TPSA) is 58.4 Å². The van der Waals surface area contributed by atoms with Crippen LogP contribution >= 0.6 is 0 Å². The van der Waals surface area contributed by atoms with Crippen molar-refractivity contribution in [1.82, 2.24) is 14.5 Å². The van der Waals surface area contributed by atoms with Crippen molar-refractivity contribution in [3.05, 3.63) is 48.0 Å². The van der Waals surface area contributed by atoms with Gasteiger partial charge < -0.3 is 14.4 Å². The molecule has 2 aromatic rings. The Balaban J connectivity index is 1.54. The predicted octanol–water partition coefficient (Wildman–Crippen LogP) is 4.71. The lowest BCUT2D eigenvalue weighted by molar-refractivity contribution is -0.132. The number of para-hydroxylation sites is 1. The molecule has 4 rings (SSSR count). The molecule has 1 aliphatic carbocycles. The minimum Gasteiger partial charge on any atom is -0.338 e. The number of rotatable bonds is 4. The van der Waals surface area contributed by atoms with Crippen LogP contribution in [0, 0.1) is 12.8 Å². The smallest absolute Gasteiger partial charge is 0.230 e. The number of fused-ring (bicyclic) bond motifs is 1.